The van der Waals surface area contributed by atoms with Crippen molar-refractivity contribution in [2.24, 2.45) is 5.73 Å². The molecule has 0 aromatic heterocycles. The molecule has 0 saturated carbocycles. The summed E-state index contributed by atoms with van der Waals surface area (Å²) in [4.78, 5) is 1.49. The quantitative estimate of drug-likeness (QED) is 0.864. The van der Waals surface area contributed by atoms with Gasteiger partial charge in [-0.1, -0.05) is 12.1 Å². The minimum atomic E-state index is -2.42. The molecule has 0 amide bonds. The van der Waals surface area contributed by atoms with E-state index in [0.29, 0.717) is 0 Å². The van der Waals surface area contributed by atoms with E-state index in [2.05, 4.69) is 0 Å². The number of hydrogen-bond acceptors (Lipinski definition) is 2. The third kappa shape index (κ3) is 4.02. The van der Waals surface area contributed by atoms with Crippen LogP contribution in [-0.4, -0.2) is 31.0 Å². The number of likely N-dealkylation sites (N-methyl/N-ethyl adjacent to an activating group) is 1. The van der Waals surface area contributed by atoms with Crippen molar-refractivity contribution in [1.82, 2.24) is 4.90 Å². The first-order chi connectivity index (χ1) is 7.91. The Labute approximate surface area is 99.2 Å². The molecule has 0 aliphatic carbocycles. The lowest BCUT2D eigenvalue weighted by Crippen LogP contribution is -2.39. The molecule has 0 heterocycles. The normalized spacial score (nSPS) is 15.3. The number of nitrogens with zero attached hydrogens (tertiary/aromatic N) is 1. The summed E-state index contributed by atoms with van der Waals surface area (Å²) in [5.41, 5.74) is 6.54. The van der Waals surface area contributed by atoms with Crippen LogP contribution in [0.4, 0.5) is 13.2 Å². The van der Waals surface area contributed by atoms with E-state index in [-0.39, 0.29) is 24.4 Å². The lowest BCUT2D eigenvalue weighted by atomic mass is 9.99. The monoisotopic (exact) mass is 246 g/mol. The lowest BCUT2D eigenvalue weighted by Gasteiger charge is -2.31. The van der Waals surface area contributed by atoms with Crippen LogP contribution < -0.4 is 5.73 Å². The molecule has 2 N–H and O–H groups in total. The number of hydrogen-bond donors (Lipinski definition) is 1. The first-order valence-corrected chi connectivity index (χ1v) is 5.41. The van der Waals surface area contributed by atoms with Crippen LogP contribution in [-0.2, 0) is 0 Å². The maximum atomic E-state index is 12.8. The van der Waals surface area contributed by atoms with Gasteiger partial charge in [0, 0.05) is 12.1 Å². The van der Waals surface area contributed by atoms with Crippen LogP contribution in [0.15, 0.2) is 24.3 Å². The zero-order valence-electron chi connectivity index (χ0n) is 9.91. The summed E-state index contributed by atoms with van der Waals surface area (Å²) in [6.45, 7) is 1.39. The van der Waals surface area contributed by atoms with Gasteiger partial charge in [0.25, 0.3) is 6.43 Å². The summed E-state index contributed by atoms with van der Waals surface area (Å²) in [5, 5.41) is 0. The van der Waals surface area contributed by atoms with E-state index in [9.17, 15) is 13.2 Å². The lowest BCUT2D eigenvalue weighted by molar-refractivity contribution is 0.0754. The molecule has 5 heteroatoms. The van der Waals surface area contributed by atoms with Crippen LogP contribution in [0.3, 0.4) is 0 Å². The minimum Gasteiger partial charge on any atom is -0.326 e. The van der Waals surface area contributed by atoms with Crippen molar-refractivity contribution >= 4 is 0 Å². The van der Waals surface area contributed by atoms with Crippen LogP contribution in [0.1, 0.15) is 18.5 Å². The van der Waals surface area contributed by atoms with Crippen molar-refractivity contribution in [3.8, 4) is 0 Å². The van der Waals surface area contributed by atoms with Crippen LogP contribution in [0.2, 0.25) is 0 Å². The minimum absolute atomic E-state index is 0.316. The van der Waals surface area contributed by atoms with Gasteiger partial charge >= 0.3 is 0 Å². The standard InChI is InChI=1S/C12H17F3N2/c1-8(16)12(17(2)7-11(14)15)9-3-5-10(13)6-4-9/h3-6,8,11-12H,7,16H2,1-2H3. The zero-order chi connectivity index (χ0) is 13.0. The fraction of sp³-hybridized carbons (Fsp3) is 0.500. The topological polar surface area (TPSA) is 29.3 Å². The van der Waals surface area contributed by atoms with Crippen LogP contribution >= 0.6 is 0 Å². The Bertz CT molecular complexity index is 338. The van der Waals surface area contributed by atoms with Crippen LogP contribution in [0.25, 0.3) is 0 Å². The average Bonchev–Trinajstić information content (AvgIpc) is 2.19. The van der Waals surface area contributed by atoms with Crippen LogP contribution in [0, 0.1) is 5.82 Å². The molecular weight excluding hydrogens is 229 g/mol. The van der Waals surface area contributed by atoms with Gasteiger partial charge in [-0.05, 0) is 31.7 Å². The Morgan fingerprint density at radius 3 is 2.18 bits per heavy atom. The van der Waals surface area contributed by atoms with Crippen molar-refractivity contribution in [2.45, 2.75) is 25.4 Å². The van der Waals surface area contributed by atoms with E-state index in [1.165, 1.54) is 17.0 Å². The first-order valence-electron chi connectivity index (χ1n) is 5.41. The zero-order valence-corrected chi connectivity index (χ0v) is 9.91. The third-order valence-corrected chi connectivity index (χ3v) is 2.61. The van der Waals surface area contributed by atoms with E-state index in [0.717, 1.165) is 5.56 Å². The average molecular weight is 246 g/mol. The second kappa shape index (κ2) is 6.02. The third-order valence-electron chi connectivity index (χ3n) is 2.61. The molecule has 1 aromatic carbocycles. The summed E-state index contributed by atoms with van der Waals surface area (Å²) >= 11 is 0. The van der Waals surface area contributed by atoms with Crippen molar-refractivity contribution in [3.05, 3.63) is 35.6 Å². The van der Waals surface area contributed by atoms with Crippen molar-refractivity contribution in [2.75, 3.05) is 13.6 Å². The Morgan fingerprint density at radius 2 is 1.76 bits per heavy atom. The Hall–Kier alpha value is -1.07. The first kappa shape index (κ1) is 14.0. The van der Waals surface area contributed by atoms with Gasteiger partial charge in [-0.25, -0.2) is 13.2 Å². The van der Waals surface area contributed by atoms with Gasteiger partial charge in [0.05, 0.1) is 6.54 Å². The van der Waals surface area contributed by atoms with E-state index in [4.69, 9.17) is 5.73 Å². The molecule has 0 spiro atoms. The molecular formula is C12H17F3N2. The SMILES string of the molecule is CC(N)C(c1ccc(F)cc1)N(C)CC(F)F. The van der Waals surface area contributed by atoms with Gasteiger partial charge in [-0.3, -0.25) is 4.90 Å². The second-order valence-corrected chi connectivity index (χ2v) is 4.19. The summed E-state index contributed by atoms with van der Waals surface area (Å²) in [5.74, 6) is -0.353. The number of alkyl halides is 2. The van der Waals surface area contributed by atoms with Crippen LogP contribution in [0.5, 0.6) is 0 Å². The summed E-state index contributed by atoms with van der Waals surface area (Å²) < 4.78 is 37.5. The number of benzene rings is 1. The van der Waals surface area contributed by atoms with Gasteiger partial charge < -0.3 is 5.73 Å². The fourth-order valence-electron chi connectivity index (χ4n) is 1.95. The Balaban J connectivity index is 2.89. The molecule has 0 saturated heterocycles. The summed E-state index contributed by atoms with van der Waals surface area (Å²) in [7, 11) is 1.59. The highest BCUT2D eigenvalue weighted by atomic mass is 19.3. The van der Waals surface area contributed by atoms with Gasteiger partial charge in [-0.15, -0.1) is 0 Å². The molecule has 1 aromatic rings. The Kier molecular flexibility index (Phi) is 4.96. The van der Waals surface area contributed by atoms with Gasteiger partial charge in [0.15, 0.2) is 0 Å². The fourth-order valence-corrected chi connectivity index (χ4v) is 1.95. The molecule has 17 heavy (non-hydrogen) atoms. The molecule has 0 radical (unpaired) electrons. The molecule has 0 bridgehead atoms. The maximum Gasteiger partial charge on any atom is 0.251 e. The number of nitrogens with two attached hydrogens (primary N) is 1. The molecule has 2 atom stereocenters. The predicted octanol–water partition coefficient (Wildman–Crippen LogP) is 2.41. The highest BCUT2D eigenvalue weighted by Gasteiger charge is 2.23. The van der Waals surface area contributed by atoms with Crippen molar-refractivity contribution in [3.63, 3.8) is 0 Å². The van der Waals surface area contributed by atoms with Gasteiger partial charge in [-0.2, -0.15) is 0 Å². The molecule has 0 fully saturated rings. The molecule has 2 unspecified atom stereocenters. The van der Waals surface area contributed by atoms with Crippen molar-refractivity contribution < 1.29 is 13.2 Å². The van der Waals surface area contributed by atoms with Gasteiger partial charge in [0.2, 0.25) is 0 Å². The largest absolute Gasteiger partial charge is 0.326 e. The molecule has 2 nitrogen and oxygen atoms in total. The molecule has 96 valence electrons. The highest BCUT2D eigenvalue weighted by Crippen LogP contribution is 2.23. The van der Waals surface area contributed by atoms with E-state index in [1.54, 1.807) is 26.1 Å². The number of halogens is 3. The second-order valence-electron chi connectivity index (χ2n) is 4.19. The molecule has 0 aliphatic heterocycles. The van der Waals surface area contributed by atoms with E-state index < -0.39 is 6.43 Å². The molecule has 1 rings (SSSR count). The van der Waals surface area contributed by atoms with E-state index in [1.807, 2.05) is 0 Å². The number of rotatable bonds is 5. The summed E-state index contributed by atoms with van der Waals surface area (Å²) in [6.07, 6.45) is -2.42. The summed E-state index contributed by atoms with van der Waals surface area (Å²) in [6, 6.07) is 5.10. The smallest absolute Gasteiger partial charge is 0.251 e. The van der Waals surface area contributed by atoms with Gasteiger partial charge in [0.1, 0.15) is 5.82 Å². The maximum absolute atomic E-state index is 12.8. The Morgan fingerprint density at radius 1 is 1.24 bits per heavy atom. The van der Waals surface area contributed by atoms with Crippen molar-refractivity contribution in [1.29, 1.82) is 0 Å². The van der Waals surface area contributed by atoms with E-state index >= 15 is 0 Å². The highest BCUT2D eigenvalue weighted by molar-refractivity contribution is 5.21. The molecule has 0 aliphatic rings. The predicted molar refractivity (Wildman–Crippen MR) is 61.4 cm³/mol.